The van der Waals surface area contributed by atoms with Gasteiger partial charge in [-0.15, -0.1) is 0 Å². The molecule has 0 bridgehead atoms. The van der Waals surface area contributed by atoms with Crippen LogP contribution in [0.2, 0.25) is 0 Å². The molecule has 1 aliphatic carbocycles. The van der Waals surface area contributed by atoms with E-state index in [0.29, 0.717) is 12.2 Å². The van der Waals surface area contributed by atoms with E-state index in [9.17, 15) is 9.90 Å². The zero-order valence-electron chi connectivity index (χ0n) is 9.86. The fourth-order valence-electron chi connectivity index (χ4n) is 1.84. The predicted molar refractivity (Wildman–Crippen MR) is 65.4 cm³/mol. The maximum Gasteiger partial charge on any atom is 0.337 e. The van der Waals surface area contributed by atoms with Gasteiger partial charge in [0.1, 0.15) is 0 Å². The normalized spacial score (nSPS) is 16.6. The van der Waals surface area contributed by atoms with Gasteiger partial charge in [0.2, 0.25) is 0 Å². The fourth-order valence-corrected chi connectivity index (χ4v) is 1.84. The highest BCUT2D eigenvalue weighted by atomic mass is 16.4. The van der Waals surface area contributed by atoms with E-state index >= 15 is 0 Å². The molecule has 0 spiro atoms. The second-order valence-electron chi connectivity index (χ2n) is 4.87. The summed E-state index contributed by atoms with van der Waals surface area (Å²) in [6.45, 7) is 2.72. The van der Waals surface area contributed by atoms with E-state index in [4.69, 9.17) is 5.11 Å². The third-order valence-corrected chi connectivity index (χ3v) is 3.35. The molecule has 2 rings (SSSR count). The quantitative estimate of drug-likeness (QED) is 0.728. The third-order valence-electron chi connectivity index (χ3n) is 3.35. The van der Waals surface area contributed by atoms with Gasteiger partial charge in [-0.3, -0.25) is 0 Å². The zero-order valence-corrected chi connectivity index (χ0v) is 9.86. The number of carboxylic acid groups (broad SMARTS) is 1. The first kappa shape index (κ1) is 11.9. The Balaban J connectivity index is 2.13. The van der Waals surface area contributed by atoms with Crippen molar-refractivity contribution in [1.29, 1.82) is 0 Å². The van der Waals surface area contributed by atoms with Crippen molar-refractivity contribution in [1.82, 2.24) is 0 Å². The van der Waals surface area contributed by atoms with Crippen molar-refractivity contribution in [3.63, 3.8) is 0 Å². The van der Waals surface area contributed by atoms with Crippen LogP contribution in [-0.2, 0) is 0 Å². The first-order valence-corrected chi connectivity index (χ1v) is 5.75. The van der Waals surface area contributed by atoms with Crippen LogP contribution in [0, 0.1) is 12.3 Å². The summed E-state index contributed by atoms with van der Waals surface area (Å²) in [4.78, 5) is 11.1. The molecule has 1 fully saturated rings. The number of aliphatic hydroxyl groups is 1. The van der Waals surface area contributed by atoms with Crippen LogP contribution in [0.4, 0.5) is 5.69 Å². The summed E-state index contributed by atoms with van der Waals surface area (Å²) in [6.07, 6.45) is 2.01. The lowest BCUT2D eigenvalue weighted by atomic mass is 10.1. The van der Waals surface area contributed by atoms with Crippen LogP contribution in [0.1, 0.15) is 28.8 Å². The van der Waals surface area contributed by atoms with E-state index in [-0.39, 0.29) is 17.6 Å². The number of carbonyl (C=O) groups is 1. The van der Waals surface area contributed by atoms with Crippen molar-refractivity contribution in [3.05, 3.63) is 29.3 Å². The number of hydrogen-bond donors (Lipinski definition) is 3. The van der Waals surface area contributed by atoms with Crippen molar-refractivity contribution in [2.45, 2.75) is 19.8 Å². The minimum atomic E-state index is -0.929. The molecular formula is C13H17NO3. The molecule has 3 N–H and O–H groups in total. The molecular weight excluding hydrogens is 218 g/mol. The molecule has 17 heavy (non-hydrogen) atoms. The Labute approximate surface area is 100 Å². The number of carboxylic acids is 1. The van der Waals surface area contributed by atoms with E-state index < -0.39 is 5.97 Å². The maximum absolute atomic E-state index is 11.1. The third kappa shape index (κ3) is 2.58. The molecule has 1 aliphatic rings. The fraction of sp³-hybridized carbons (Fsp3) is 0.462. The monoisotopic (exact) mass is 235 g/mol. The van der Waals surface area contributed by atoms with Crippen molar-refractivity contribution in [3.8, 4) is 0 Å². The Hall–Kier alpha value is -1.55. The minimum absolute atomic E-state index is 0.0283. The molecule has 4 nitrogen and oxygen atoms in total. The Bertz CT molecular complexity index is 438. The summed E-state index contributed by atoms with van der Waals surface area (Å²) in [7, 11) is 0. The SMILES string of the molecule is Cc1ccc(C(=O)O)c(NCC2(CO)CC2)c1. The van der Waals surface area contributed by atoms with E-state index in [1.54, 1.807) is 12.1 Å². The number of aliphatic hydroxyl groups excluding tert-OH is 1. The predicted octanol–water partition coefficient (Wildman–Crippen LogP) is 1.88. The van der Waals surface area contributed by atoms with E-state index in [1.807, 2.05) is 13.0 Å². The van der Waals surface area contributed by atoms with Crippen LogP contribution < -0.4 is 5.32 Å². The smallest absolute Gasteiger partial charge is 0.337 e. The average Bonchev–Trinajstić information content (AvgIpc) is 3.07. The Kier molecular flexibility index (Phi) is 3.07. The van der Waals surface area contributed by atoms with Crippen LogP contribution in [-0.4, -0.2) is 29.3 Å². The first-order valence-electron chi connectivity index (χ1n) is 5.75. The molecule has 1 aromatic carbocycles. The van der Waals surface area contributed by atoms with Crippen LogP contribution in [0.3, 0.4) is 0 Å². The molecule has 4 heteroatoms. The molecule has 0 aliphatic heterocycles. The second-order valence-corrected chi connectivity index (χ2v) is 4.87. The molecule has 0 aromatic heterocycles. The van der Waals surface area contributed by atoms with Gasteiger partial charge in [-0.05, 0) is 37.5 Å². The highest BCUT2D eigenvalue weighted by Crippen LogP contribution is 2.45. The summed E-state index contributed by atoms with van der Waals surface area (Å²) < 4.78 is 0. The van der Waals surface area contributed by atoms with Crippen LogP contribution in [0.5, 0.6) is 0 Å². The number of anilines is 1. The molecule has 1 saturated carbocycles. The van der Waals surface area contributed by atoms with Crippen molar-refractivity contribution >= 4 is 11.7 Å². The number of hydrogen-bond acceptors (Lipinski definition) is 3. The lowest BCUT2D eigenvalue weighted by molar-refractivity contribution is 0.0698. The lowest BCUT2D eigenvalue weighted by Crippen LogP contribution is -2.20. The van der Waals surface area contributed by atoms with E-state index in [0.717, 1.165) is 18.4 Å². The highest BCUT2D eigenvalue weighted by molar-refractivity contribution is 5.94. The van der Waals surface area contributed by atoms with Crippen molar-refractivity contribution in [2.24, 2.45) is 5.41 Å². The zero-order chi connectivity index (χ0) is 12.5. The van der Waals surface area contributed by atoms with Gasteiger partial charge in [-0.25, -0.2) is 4.79 Å². The Morgan fingerprint density at radius 3 is 2.71 bits per heavy atom. The number of rotatable bonds is 5. The van der Waals surface area contributed by atoms with Crippen molar-refractivity contribution < 1.29 is 15.0 Å². The largest absolute Gasteiger partial charge is 0.478 e. The molecule has 92 valence electrons. The number of aryl methyl sites for hydroxylation is 1. The van der Waals surface area contributed by atoms with Gasteiger partial charge in [0.05, 0.1) is 12.2 Å². The molecule has 0 amide bonds. The minimum Gasteiger partial charge on any atom is -0.478 e. The summed E-state index contributed by atoms with van der Waals surface area (Å²) in [5.74, 6) is -0.929. The Morgan fingerprint density at radius 2 is 2.18 bits per heavy atom. The summed E-state index contributed by atoms with van der Waals surface area (Å²) in [5.41, 5.74) is 1.91. The highest BCUT2D eigenvalue weighted by Gasteiger charge is 2.41. The van der Waals surface area contributed by atoms with Gasteiger partial charge in [0, 0.05) is 17.6 Å². The van der Waals surface area contributed by atoms with Crippen molar-refractivity contribution in [2.75, 3.05) is 18.5 Å². The topological polar surface area (TPSA) is 69.6 Å². The Morgan fingerprint density at radius 1 is 1.47 bits per heavy atom. The molecule has 1 aromatic rings. The van der Waals surface area contributed by atoms with Gasteiger partial charge in [-0.2, -0.15) is 0 Å². The maximum atomic E-state index is 11.1. The molecule has 0 saturated heterocycles. The first-order chi connectivity index (χ1) is 8.06. The van der Waals surface area contributed by atoms with Crippen LogP contribution >= 0.6 is 0 Å². The van der Waals surface area contributed by atoms with Crippen LogP contribution in [0.15, 0.2) is 18.2 Å². The number of aromatic carboxylic acids is 1. The molecule has 0 atom stereocenters. The van der Waals surface area contributed by atoms with E-state index in [2.05, 4.69) is 5.32 Å². The van der Waals surface area contributed by atoms with E-state index in [1.165, 1.54) is 0 Å². The molecule has 0 unspecified atom stereocenters. The summed E-state index contributed by atoms with van der Waals surface area (Å²) in [5, 5.41) is 21.4. The van der Waals surface area contributed by atoms with Gasteiger partial charge in [-0.1, -0.05) is 6.07 Å². The summed E-state index contributed by atoms with van der Waals surface area (Å²) >= 11 is 0. The number of nitrogens with one attached hydrogen (secondary N) is 1. The molecule has 0 radical (unpaired) electrons. The number of benzene rings is 1. The van der Waals surface area contributed by atoms with Gasteiger partial charge in [0.15, 0.2) is 0 Å². The standard InChI is InChI=1S/C13H17NO3/c1-9-2-3-10(12(16)17)11(6-9)14-7-13(8-15)4-5-13/h2-3,6,14-15H,4-5,7-8H2,1H3,(H,16,17). The second kappa shape index (κ2) is 4.37. The van der Waals surface area contributed by atoms with Crippen LogP contribution in [0.25, 0.3) is 0 Å². The van der Waals surface area contributed by atoms with Gasteiger partial charge in [0.25, 0.3) is 0 Å². The van der Waals surface area contributed by atoms with Gasteiger partial charge >= 0.3 is 5.97 Å². The lowest BCUT2D eigenvalue weighted by Gasteiger charge is -2.15. The summed E-state index contributed by atoms with van der Waals surface area (Å²) in [6, 6.07) is 5.23. The molecule has 0 heterocycles. The van der Waals surface area contributed by atoms with Gasteiger partial charge < -0.3 is 15.5 Å². The average molecular weight is 235 g/mol.